The summed E-state index contributed by atoms with van der Waals surface area (Å²) >= 11 is 0. The van der Waals surface area contributed by atoms with Gasteiger partial charge in [0, 0.05) is 25.0 Å². The average Bonchev–Trinajstić information content (AvgIpc) is 3.01. The van der Waals surface area contributed by atoms with Gasteiger partial charge in [0.25, 0.3) is 0 Å². The van der Waals surface area contributed by atoms with Crippen LogP contribution < -0.4 is 4.74 Å². The lowest BCUT2D eigenvalue weighted by Crippen LogP contribution is -2.09. The first kappa shape index (κ1) is 15.7. The average molecular weight is 320 g/mol. The molecule has 0 bridgehead atoms. The van der Waals surface area contributed by atoms with Crippen molar-refractivity contribution in [1.82, 2.24) is 9.78 Å². The quantitative estimate of drug-likeness (QED) is 0.544. The number of benzene rings is 2. The number of rotatable bonds is 3. The second kappa shape index (κ2) is 6.50. The normalized spacial score (nSPS) is 10.4. The molecule has 0 saturated carbocycles. The highest BCUT2D eigenvalue weighted by Crippen LogP contribution is 2.27. The Balaban J connectivity index is 2.00. The molecule has 24 heavy (non-hydrogen) atoms. The molecule has 0 atom stereocenters. The SMILES string of the molecule is CC(=O)Oc1ccc(-c2cc(-c3ccccc3)n(C(C)=O)n2)cc1. The van der Waals surface area contributed by atoms with E-state index in [9.17, 15) is 9.59 Å². The minimum Gasteiger partial charge on any atom is -0.427 e. The standard InChI is InChI=1S/C19H16N2O3/c1-13(22)21-19(16-6-4-3-5-7-16)12-18(20-21)15-8-10-17(11-9-15)24-14(2)23/h3-12H,1-2H3. The fraction of sp³-hybridized carbons (Fsp3) is 0.105. The largest absolute Gasteiger partial charge is 0.427 e. The van der Waals surface area contributed by atoms with Crippen LogP contribution in [0.15, 0.2) is 60.7 Å². The fourth-order valence-corrected chi connectivity index (χ4v) is 2.44. The molecule has 0 spiro atoms. The van der Waals surface area contributed by atoms with Gasteiger partial charge in [-0.1, -0.05) is 30.3 Å². The van der Waals surface area contributed by atoms with Crippen LogP contribution in [0, 0.1) is 0 Å². The van der Waals surface area contributed by atoms with E-state index in [2.05, 4.69) is 5.10 Å². The summed E-state index contributed by atoms with van der Waals surface area (Å²) in [6, 6.07) is 18.5. The van der Waals surface area contributed by atoms with E-state index >= 15 is 0 Å². The molecular weight excluding hydrogens is 304 g/mol. The Bertz CT molecular complexity index is 881. The summed E-state index contributed by atoms with van der Waals surface area (Å²) in [5.74, 6) is -0.0489. The van der Waals surface area contributed by atoms with Crippen LogP contribution in [0.3, 0.4) is 0 Å². The number of hydrogen-bond donors (Lipinski definition) is 0. The molecule has 1 aromatic heterocycles. The number of carbonyl (C=O) groups excluding carboxylic acids is 2. The highest BCUT2D eigenvalue weighted by Gasteiger charge is 2.14. The van der Waals surface area contributed by atoms with E-state index in [4.69, 9.17) is 4.74 Å². The van der Waals surface area contributed by atoms with Gasteiger partial charge in [0.2, 0.25) is 5.91 Å². The van der Waals surface area contributed by atoms with Gasteiger partial charge in [-0.3, -0.25) is 9.59 Å². The van der Waals surface area contributed by atoms with Crippen LogP contribution in [-0.4, -0.2) is 21.7 Å². The number of nitrogens with zero attached hydrogens (tertiary/aromatic N) is 2. The predicted octanol–water partition coefficient (Wildman–Crippen LogP) is 3.80. The van der Waals surface area contributed by atoms with Gasteiger partial charge in [-0.05, 0) is 30.3 Å². The summed E-state index contributed by atoms with van der Waals surface area (Å²) in [7, 11) is 0. The van der Waals surface area contributed by atoms with Gasteiger partial charge in [-0.15, -0.1) is 0 Å². The van der Waals surface area contributed by atoms with Gasteiger partial charge in [-0.2, -0.15) is 9.78 Å². The number of ether oxygens (including phenoxy) is 1. The molecule has 3 rings (SSSR count). The van der Waals surface area contributed by atoms with Gasteiger partial charge in [-0.25, -0.2) is 0 Å². The fourth-order valence-electron chi connectivity index (χ4n) is 2.44. The van der Waals surface area contributed by atoms with Crippen LogP contribution in [0.1, 0.15) is 18.6 Å². The topological polar surface area (TPSA) is 61.2 Å². The van der Waals surface area contributed by atoms with Gasteiger partial charge in [0.05, 0.1) is 11.4 Å². The van der Waals surface area contributed by atoms with Crippen molar-refractivity contribution in [3.05, 3.63) is 60.7 Å². The molecule has 0 aliphatic rings. The third-order valence-corrected chi connectivity index (χ3v) is 3.49. The Morgan fingerprint density at radius 2 is 1.58 bits per heavy atom. The minimum atomic E-state index is -0.366. The first-order chi connectivity index (χ1) is 11.5. The second-order valence-electron chi connectivity index (χ2n) is 5.33. The van der Waals surface area contributed by atoms with Crippen molar-refractivity contribution < 1.29 is 14.3 Å². The summed E-state index contributed by atoms with van der Waals surface area (Å²) in [4.78, 5) is 22.9. The lowest BCUT2D eigenvalue weighted by atomic mass is 10.1. The van der Waals surface area contributed by atoms with Crippen molar-refractivity contribution in [3.63, 3.8) is 0 Å². The van der Waals surface area contributed by atoms with E-state index in [1.807, 2.05) is 36.4 Å². The van der Waals surface area contributed by atoms with Gasteiger partial charge in [0.15, 0.2) is 0 Å². The van der Waals surface area contributed by atoms with Crippen LogP contribution in [0.25, 0.3) is 22.5 Å². The smallest absolute Gasteiger partial charge is 0.308 e. The molecule has 0 unspecified atom stereocenters. The minimum absolute atomic E-state index is 0.156. The Labute approximate surface area is 139 Å². The molecule has 0 fully saturated rings. The highest BCUT2D eigenvalue weighted by molar-refractivity contribution is 5.83. The molecule has 0 saturated heterocycles. The Hall–Kier alpha value is -3.21. The van der Waals surface area contributed by atoms with Gasteiger partial charge in [0.1, 0.15) is 5.75 Å². The van der Waals surface area contributed by atoms with Crippen LogP contribution in [0.2, 0.25) is 0 Å². The maximum atomic E-state index is 11.9. The number of aromatic nitrogens is 2. The lowest BCUT2D eigenvalue weighted by Gasteiger charge is -2.02. The molecule has 0 aliphatic carbocycles. The maximum Gasteiger partial charge on any atom is 0.308 e. The molecule has 5 nitrogen and oxygen atoms in total. The Kier molecular flexibility index (Phi) is 4.24. The van der Waals surface area contributed by atoms with E-state index < -0.39 is 0 Å². The van der Waals surface area contributed by atoms with Crippen LogP contribution in [-0.2, 0) is 4.79 Å². The Morgan fingerprint density at radius 1 is 0.917 bits per heavy atom. The predicted molar refractivity (Wildman–Crippen MR) is 90.7 cm³/mol. The van der Waals surface area contributed by atoms with Crippen LogP contribution >= 0.6 is 0 Å². The molecule has 0 radical (unpaired) electrons. The summed E-state index contributed by atoms with van der Waals surface area (Å²) in [6.07, 6.45) is 0. The molecule has 2 aromatic carbocycles. The molecule has 3 aromatic rings. The van der Waals surface area contributed by atoms with Crippen LogP contribution in [0.4, 0.5) is 0 Å². The number of hydrogen-bond acceptors (Lipinski definition) is 4. The van der Waals surface area contributed by atoms with E-state index in [1.165, 1.54) is 18.5 Å². The van der Waals surface area contributed by atoms with Crippen molar-refractivity contribution in [3.8, 4) is 28.3 Å². The maximum absolute atomic E-state index is 11.9. The molecule has 0 N–H and O–H groups in total. The second-order valence-corrected chi connectivity index (χ2v) is 5.33. The van der Waals surface area contributed by atoms with Crippen molar-refractivity contribution in [2.45, 2.75) is 13.8 Å². The zero-order chi connectivity index (χ0) is 17.1. The monoisotopic (exact) mass is 320 g/mol. The summed E-state index contributed by atoms with van der Waals surface area (Å²) < 4.78 is 6.42. The zero-order valence-corrected chi connectivity index (χ0v) is 13.4. The summed E-state index contributed by atoms with van der Waals surface area (Å²) in [5.41, 5.74) is 3.17. The molecular formula is C19H16N2O3. The van der Waals surface area contributed by atoms with Crippen molar-refractivity contribution in [1.29, 1.82) is 0 Å². The first-order valence-electron chi connectivity index (χ1n) is 7.50. The molecule has 1 heterocycles. The molecule has 0 aliphatic heterocycles. The van der Waals surface area contributed by atoms with Gasteiger partial charge >= 0.3 is 5.97 Å². The van der Waals surface area contributed by atoms with Gasteiger partial charge < -0.3 is 4.74 Å². The van der Waals surface area contributed by atoms with Crippen LogP contribution in [0.5, 0.6) is 5.75 Å². The first-order valence-corrected chi connectivity index (χ1v) is 7.50. The van der Waals surface area contributed by atoms with Crippen molar-refractivity contribution >= 4 is 11.9 Å². The van der Waals surface area contributed by atoms with E-state index in [0.717, 1.165) is 16.8 Å². The third-order valence-electron chi connectivity index (χ3n) is 3.49. The summed E-state index contributed by atoms with van der Waals surface area (Å²) in [6.45, 7) is 2.83. The van der Waals surface area contributed by atoms with Crippen molar-refractivity contribution in [2.75, 3.05) is 0 Å². The van der Waals surface area contributed by atoms with Crippen molar-refractivity contribution in [2.24, 2.45) is 0 Å². The zero-order valence-electron chi connectivity index (χ0n) is 13.4. The molecule has 120 valence electrons. The Morgan fingerprint density at radius 3 is 2.17 bits per heavy atom. The van der Waals surface area contributed by atoms with E-state index in [-0.39, 0.29) is 11.9 Å². The van der Waals surface area contributed by atoms with E-state index in [0.29, 0.717) is 11.4 Å². The molecule has 0 amide bonds. The van der Waals surface area contributed by atoms with E-state index in [1.54, 1.807) is 24.3 Å². The molecule has 5 heteroatoms. The third kappa shape index (κ3) is 3.25. The number of carbonyl (C=O) groups is 2. The summed E-state index contributed by atoms with van der Waals surface area (Å²) in [5, 5.41) is 4.41. The highest BCUT2D eigenvalue weighted by atomic mass is 16.5. The lowest BCUT2D eigenvalue weighted by molar-refractivity contribution is -0.131. The number of esters is 1.